The van der Waals surface area contributed by atoms with Crippen LogP contribution in [0.2, 0.25) is 0 Å². The van der Waals surface area contributed by atoms with Crippen LogP contribution in [-0.2, 0) is 4.74 Å². The van der Waals surface area contributed by atoms with E-state index >= 15 is 0 Å². The van der Waals surface area contributed by atoms with E-state index < -0.39 is 0 Å². The quantitative estimate of drug-likeness (QED) is 0.801. The lowest BCUT2D eigenvalue weighted by atomic mass is 10.1. The fourth-order valence-electron chi connectivity index (χ4n) is 2.31. The van der Waals surface area contributed by atoms with Crippen molar-refractivity contribution in [1.29, 1.82) is 0 Å². The Kier molecular flexibility index (Phi) is 3.01. The van der Waals surface area contributed by atoms with Crippen LogP contribution in [0.1, 0.15) is 44.3 Å². The lowest BCUT2D eigenvalue weighted by Crippen LogP contribution is -2.37. The van der Waals surface area contributed by atoms with Crippen LogP contribution in [-0.4, -0.2) is 35.9 Å². The Morgan fingerprint density at radius 1 is 1.29 bits per heavy atom. The summed E-state index contributed by atoms with van der Waals surface area (Å²) in [5.74, 6) is 1.46. The topological polar surface area (TPSA) is 51.4 Å². The molecule has 0 N–H and O–H groups in total. The van der Waals surface area contributed by atoms with Gasteiger partial charge in [-0.3, -0.25) is 0 Å². The Labute approximate surface area is 101 Å². The smallest absolute Gasteiger partial charge is 0.324 e. The molecule has 5 heteroatoms. The number of anilines is 1. The number of piperidine rings is 1. The van der Waals surface area contributed by atoms with Crippen molar-refractivity contribution in [3.63, 3.8) is 0 Å². The van der Waals surface area contributed by atoms with Crippen molar-refractivity contribution in [1.82, 2.24) is 10.1 Å². The molecular weight excluding hydrogens is 218 g/mol. The standard InChI is InChI=1S/C12H19N3O2/c1-2-16-10-5-7-15(8-6-10)12-13-11(14-17-12)9-3-4-9/h9-10H,2-8H2,1H3. The van der Waals surface area contributed by atoms with Crippen LogP contribution in [0, 0.1) is 0 Å². The summed E-state index contributed by atoms with van der Waals surface area (Å²) in [6.07, 6.45) is 4.93. The number of hydrogen-bond donors (Lipinski definition) is 0. The molecule has 5 nitrogen and oxygen atoms in total. The third kappa shape index (κ3) is 2.44. The van der Waals surface area contributed by atoms with E-state index in [4.69, 9.17) is 9.26 Å². The molecule has 2 fully saturated rings. The second-order valence-corrected chi connectivity index (χ2v) is 4.85. The number of rotatable bonds is 4. The van der Waals surface area contributed by atoms with E-state index in [0.29, 0.717) is 18.0 Å². The third-order valence-electron chi connectivity index (χ3n) is 3.49. The largest absolute Gasteiger partial charge is 0.378 e. The lowest BCUT2D eigenvalue weighted by Gasteiger charge is -2.30. The molecule has 0 unspecified atom stereocenters. The van der Waals surface area contributed by atoms with E-state index in [1.807, 2.05) is 6.92 Å². The molecule has 1 aliphatic heterocycles. The van der Waals surface area contributed by atoms with E-state index in [0.717, 1.165) is 38.4 Å². The van der Waals surface area contributed by atoms with E-state index in [9.17, 15) is 0 Å². The summed E-state index contributed by atoms with van der Waals surface area (Å²) in [7, 11) is 0. The third-order valence-corrected chi connectivity index (χ3v) is 3.49. The average molecular weight is 237 g/mol. The van der Waals surface area contributed by atoms with Crippen LogP contribution in [0.4, 0.5) is 6.01 Å². The Morgan fingerprint density at radius 3 is 2.71 bits per heavy atom. The molecule has 2 heterocycles. The molecule has 0 amide bonds. The van der Waals surface area contributed by atoms with Crippen LogP contribution in [0.15, 0.2) is 4.52 Å². The Bertz CT molecular complexity index is 368. The van der Waals surface area contributed by atoms with Crippen molar-refractivity contribution >= 4 is 6.01 Å². The van der Waals surface area contributed by atoms with Gasteiger partial charge in [0.15, 0.2) is 5.82 Å². The highest BCUT2D eigenvalue weighted by Gasteiger charge is 2.30. The van der Waals surface area contributed by atoms with Gasteiger partial charge in [0.05, 0.1) is 6.10 Å². The highest BCUT2D eigenvalue weighted by molar-refractivity contribution is 5.27. The molecule has 94 valence electrons. The SMILES string of the molecule is CCOC1CCN(c2nc(C3CC3)no2)CC1. The summed E-state index contributed by atoms with van der Waals surface area (Å²) >= 11 is 0. The van der Waals surface area contributed by atoms with Gasteiger partial charge in [0.1, 0.15) is 0 Å². The van der Waals surface area contributed by atoms with Crippen molar-refractivity contribution in [3.05, 3.63) is 5.82 Å². The highest BCUT2D eigenvalue weighted by Crippen LogP contribution is 2.38. The molecule has 1 aromatic rings. The monoisotopic (exact) mass is 237 g/mol. The molecule has 2 aliphatic rings. The van der Waals surface area contributed by atoms with Crippen molar-refractivity contribution in [3.8, 4) is 0 Å². The molecule has 1 saturated heterocycles. The van der Waals surface area contributed by atoms with Crippen molar-refractivity contribution in [2.75, 3.05) is 24.6 Å². The van der Waals surface area contributed by atoms with E-state index in [-0.39, 0.29) is 0 Å². The van der Waals surface area contributed by atoms with Gasteiger partial charge >= 0.3 is 6.01 Å². The van der Waals surface area contributed by atoms with Gasteiger partial charge in [-0.15, -0.1) is 0 Å². The van der Waals surface area contributed by atoms with Crippen molar-refractivity contribution in [2.45, 2.75) is 44.6 Å². The summed E-state index contributed by atoms with van der Waals surface area (Å²) in [4.78, 5) is 6.65. The maximum atomic E-state index is 5.63. The van der Waals surface area contributed by atoms with Crippen LogP contribution in [0.5, 0.6) is 0 Å². The predicted octanol–water partition coefficient (Wildman–Crippen LogP) is 1.95. The number of aromatic nitrogens is 2. The van der Waals surface area contributed by atoms with E-state index in [1.165, 1.54) is 12.8 Å². The van der Waals surface area contributed by atoms with Gasteiger partial charge in [-0.1, -0.05) is 5.16 Å². The number of nitrogens with zero attached hydrogens (tertiary/aromatic N) is 3. The van der Waals surface area contributed by atoms with Crippen LogP contribution < -0.4 is 4.90 Å². The van der Waals surface area contributed by atoms with Gasteiger partial charge in [-0.2, -0.15) is 4.98 Å². The minimum Gasteiger partial charge on any atom is -0.378 e. The first-order chi connectivity index (χ1) is 8.36. The lowest BCUT2D eigenvalue weighted by molar-refractivity contribution is 0.0452. The first kappa shape index (κ1) is 11.0. The molecule has 1 aromatic heterocycles. The summed E-state index contributed by atoms with van der Waals surface area (Å²) in [6, 6.07) is 0.696. The minimum absolute atomic E-state index is 0.405. The second-order valence-electron chi connectivity index (χ2n) is 4.85. The molecule has 17 heavy (non-hydrogen) atoms. The number of hydrogen-bond acceptors (Lipinski definition) is 5. The summed E-state index contributed by atoms with van der Waals surface area (Å²) in [6.45, 7) is 4.76. The normalized spacial score (nSPS) is 22.1. The van der Waals surface area contributed by atoms with Crippen molar-refractivity contribution < 1.29 is 9.26 Å². The van der Waals surface area contributed by atoms with Gasteiger partial charge in [-0.05, 0) is 32.6 Å². The zero-order valence-electron chi connectivity index (χ0n) is 10.3. The highest BCUT2D eigenvalue weighted by atomic mass is 16.5. The van der Waals surface area contributed by atoms with Crippen molar-refractivity contribution in [2.24, 2.45) is 0 Å². The predicted molar refractivity (Wildman–Crippen MR) is 63.1 cm³/mol. The molecule has 0 bridgehead atoms. The second kappa shape index (κ2) is 4.64. The van der Waals surface area contributed by atoms with Crippen LogP contribution in [0.3, 0.4) is 0 Å². The summed E-state index contributed by atoms with van der Waals surface area (Å²) < 4.78 is 11.0. The van der Waals surface area contributed by atoms with Gasteiger partial charge in [0, 0.05) is 25.6 Å². The Morgan fingerprint density at radius 2 is 2.06 bits per heavy atom. The van der Waals surface area contributed by atoms with E-state index in [1.54, 1.807) is 0 Å². The molecule has 0 aromatic carbocycles. The Hall–Kier alpha value is -1.10. The molecule has 1 saturated carbocycles. The number of ether oxygens (including phenoxy) is 1. The van der Waals surface area contributed by atoms with Gasteiger partial charge < -0.3 is 14.2 Å². The average Bonchev–Trinajstić information content (AvgIpc) is 3.09. The van der Waals surface area contributed by atoms with Crippen LogP contribution >= 0.6 is 0 Å². The fraction of sp³-hybridized carbons (Fsp3) is 0.833. The fourth-order valence-corrected chi connectivity index (χ4v) is 2.31. The molecule has 0 spiro atoms. The summed E-state index contributed by atoms with van der Waals surface area (Å²) in [5.41, 5.74) is 0. The minimum atomic E-state index is 0.405. The molecule has 0 radical (unpaired) electrons. The van der Waals surface area contributed by atoms with Gasteiger partial charge in [-0.25, -0.2) is 0 Å². The van der Waals surface area contributed by atoms with Gasteiger partial charge in [0.2, 0.25) is 0 Å². The van der Waals surface area contributed by atoms with E-state index in [2.05, 4.69) is 15.0 Å². The Balaban J connectivity index is 1.57. The summed E-state index contributed by atoms with van der Waals surface area (Å²) in [5, 5.41) is 4.05. The zero-order valence-corrected chi connectivity index (χ0v) is 10.3. The zero-order chi connectivity index (χ0) is 11.7. The molecule has 3 rings (SSSR count). The molecular formula is C12H19N3O2. The maximum absolute atomic E-state index is 5.63. The first-order valence-corrected chi connectivity index (χ1v) is 6.57. The van der Waals surface area contributed by atoms with Gasteiger partial charge in [0.25, 0.3) is 0 Å². The molecule has 0 atom stereocenters. The molecule has 1 aliphatic carbocycles. The maximum Gasteiger partial charge on any atom is 0.324 e. The van der Waals surface area contributed by atoms with Crippen LogP contribution in [0.25, 0.3) is 0 Å². The first-order valence-electron chi connectivity index (χ1n) is 6.57.